The molecule has 1 aromatic carbocycles. The standard InChI is InChI=1S/C24H28ClN3O3/c1-14-10-17-16(13-26-14)11-18(27-23(17)28-8-6-24(3,29)7-9-28)21-15(2)19(30-4)12-20(31-5)22(21)25/h10-13,29H,6-9H2,1-5H3. The Hall–Kier alpha value is -2.57. The molecule has 1 N–H and O–H groups in total. The molecule has 0 unspecified atom stereocenters. The Morgan fingerprint density at radius 3 is 2.39 bits per heavy atom. The van der Waals surface area contributed by atoms with Crippen molar-refractivity contribution in [2.24, 2.45) is 0 Å². The molecule has 3 heterocycles. The van der Waals surface area contributed by atoms with Crippen molar-refractivity contribution in [1.29, 1.82) is 0 Å². The number of hydrogen-bond acceptors (Lipinski definition) is 6. The zero-order valence-electron chi connectivity index (χ0n) is 18.6. The van der Waals surface area contributed by atoms with Crippen LogP contribution in [0.3, 0.4) is 0 Å². The van der Waals surface area contributed by atoms with E-state index in [2.05, 4.69) is 16.0 Å². The van der Waals surface area contributed by atoms with Crippen LogP contribution in [-0.4, -0.2) is 48.0 Å². The zero-order valence-corrected chi connectivity index (χ0v) is 19.4. The maximum absolute atomic E-state index is 10.4. The third kappa shape index (κ3) is 4.02. The fourth-order valence-electron chi connectivity index (χ4n) is 4.17. The minimum Gasteiger partial charge on any atom is -0.496 e. The van der Waals surface area contributed by atoms with E-state index in [9.17, 15) is 5.11 Å². The number of aliphatic hydroxyl groups is 1. The first-order valence-corrected chi connectivity index (χ1v) is 10.8. The molecular formula is C24H28ClN3O3. The molecule has 0 spiro atoms. The maximum atomic E-state index is 10.4. The second-order valence-corrected chi connectivity index (χ2v) is 8.83. The van der Waals surface area contributed by atoms with Crippen LogP contribution in [-0.2, 0) is 0 Å². The van der Waals surface area contributed by atoms with Gasteiger partial charge in [-0.05, 0) is 45.7 Å². The van der Waals surface area contributed by atoms with E-state index in [4.69, 9.17) is 26.1 Å². The summed E-state index contributed by atoms with van der Waals surface area (Å²) in [5.41, 5.74) is 2.72. The molecule has 0 saturated carbocycles. The van der Waals surface area contributed by atoms with E-state index in [1.807, 2.05) is 33.0 Å². The summed E-state index contributed by atoms with van der Waals surface area (Å²) in [5, 5.41) is 12.9. The van der Waals surface area contributed by atoms with Crippen LogP contribution in [0.25, 0.3) is 22.0 Å². The molecule has 1 fully saturated rings. The van der Waals surface area contributed by atoms with E-state index in [-0.39, 0.29) is 0 Å². The first kappa shape index (κ1) is 21.7. The minimum absolute atomic E-state index is 0.500. The quantitative estimate of drug-likeness (QED) is 0.618. The van der Waals surface area contributed by atoms with Crippen molar-refractivity contribution >= 4 is 28.2 Å². The van der Waals surface area contributed by atoms with Crippen LogP contribution in [0.4, 0.5) is 5.82 Å². The van der Waals surface area contributed by atoms with E-state index < -0.39 is 5.60 Å². The van der Waals surface area contributed by atoms with Crippen molar-refractivity contribution in [1.82, 2.24) is 9.97 Å². The first-order chi connectivity index (χ1) is 14.7. The van der Waals surface area contributed by atoms with Crippen molar-refractivity contribution in [3.8, 4) is 22.8 Å². The van der Waals surface area contributed by atoms with E-state index in [1.165, 1.54) is 0 Å². The topological polar surface area (TPSA) is 67.7 Å². The van der Waals surface area contributed by atoms with Gasteiger partial charge in [0.1, 0.15) is 17.3 Å². The molecule has 164 valence electrons. The van der Waals surface area contributed by atoms with Gasteiger partial charge in [-0.1, -0.05) is 11.6 Å². The van der Waals surface area contributed by atoms with E-state index in [1.54, 1.807) is 20.3 Å². The first-order valence-electron chi connectivity index (χ1n) is 10.4. The monoisotopic (exact) mass is 441 g/mol. The van der Waals surface area contributed by atoms with Crippen molar-refractivity contribution in [2.45, 2.75) is 39.2 Å². The molecule has 3 aromatic rings. The molecule has 1 aliphatic rings. The third-order valence-electron chi connectivity index (χ3n) is 6.11. The van der Waals surface area contributed by atoms with Crippen LogP contribution >= 0.6 is 11.6 Å². The SMILES string of the molecule is COc1cc(OC)c(Cl)c(-c2cc3cnc(C)cc3c(N3CCC(C)(O)CC3)n2)c1C. The van der Waals surface area contributed by atoms with Crippen molar-refractivity contribution in [3.05, 3.63) is 40.7 Å². The number of aryl methyl sites for hydroxylation is 1. The van der Waals surface area contributed by atoms with E-state index in [0.29, 0.717) is 29.4 Å². The lowest BCUT2D eigenvalue weighted by atomic mass is 9.93. The Morgan fingerprint density at radius 1 is 1.06 bits per heavy atom. The van der Waals surface area contributed by atoms with Gasteiger partial charge in [0.25, 0.3) is 0 Å². The minimum atomic E-state index is -0.637. The molecule has 7 heteroatoms. The van der Waals surface area contributed by atoms with Crippen LogP contribution in [0.5, 0.6) is 11.5 Å². The molecule has 0 radical (unpaired) electrons. The molecule has 31 heavy (non-hydrogen) atoms. The lowest BCUT2D eigenvalue weighted by Crippen LogP contribution is -2.42. The maximum Gasteiger partial charge on any atom is 0.141 e. The lowest BCUT2D eigenvalue weighted by molar-refractivity contribution is 0.0350. The van der Waals surface area contributed by atoms with Crippen LogP contribution in [0.2, 0.25) is 5.02 Å². The van der Waals surface area contributed by atoms with Crippen LogP contribution in [0.15, 0.2) is 24.4 Å². The molecule has 6 nitrogen and oxygen atoms in total. The fraction of sp³-hybridized carbons (Fsp3) is 0.417. The van der Waals surface area contributed by atoms with Crippen LogP contribution in [0, 0.1) is 13.8 Å². The van der Waals surface area contributed by atoms with E-state index in [0.717, 1.165) is 52.2 Å². The highest BCUT2D eigenvalue weighted by Crippen LogP contribution is 2.44. The Balaban J connectivity index is 1.94. The highest BCUT2D eigenvalue weighted by molar-refractivity contribution is 6.35. The van der Waals surface area contributed by atoms with E-state index >= 15 is 0 Å². The Morgan fingerprint density at radius 2 is 1.74 bits per heavy atom. The van der Waals surface area contributed by atoms with Crippen LogP contribution < -0.4 is 14.4 Å². The fourth-order valence-corrected chi connectivity index (χ4v) is 4.54. The van der Waals surface area contributed by atoms with Gasteiger partial charge in [0, 0.05) is 52.9 Å². The summed E-state index contributed by atoms with van der Waals surface area (Å²) >= 11 is 6.75. The number of fused-ring (bicyclic) bond motifs is 1. The number of pyridine rings is 2. The Bertz CT molecular complexity index is 1110. The molecule has 0 aliphatic carbocycles. The second-order valence-electron chi connectivity index (χ2n) is 8.46. The van der Waals surface area contributed by atoms with Gasteiger partial charge in [-0.25, -0.2) is 4.98 Å². The number of piperidine rings is 1. The third-order valence-corrected chi connectivity index (χ3v) is 6.48. The molecule has 2 aromatic heterocycles. The smallest absolute Gasteiger partial charge is 0.141 e. The predicted octanol–water partition coefficient (Wildman–Crippen LogP) is 4.94. The Kier molecular flexibility index (Phi) is 5.71. The van der Waals surface area contributed by atoms with Gasteiger partial charge in [-0.3, -0.25) is 4.98 Å². The lowest BCUT2D eigenvalue weighted by Gasteiger charge is -2.37. The number of halogens is 1. The summed E-state index contributed by atoms with van der Waals surface area (Å²) in [7, 11) is 3.22. The second kappa shape index (κ2) is 8.17. The molecule has 1 aliphatic heterocycles. The number of aromatic nitrogens is 2. The summed E-state index contributed by atoms with van der Waals surface area (Å²) in [4.78, 5) is 11.8. The van der Waals surface area contributed by atoms with Gasteiger partial charge in [0.15, 0.2) is 0 Å². The molecule has 1 saturated heterocycles. The van der Waals surface area contributed by atoms with Gasteiger partial charge in [-0.15, -0.1) is 0 Å². The molecule has 0 atom stereocenters. The highest BCUT2D eigenvalue weighted by atomic mass is 35.5. The number of benzene rings is 1. The van der Waals surface area contributed by atoms with Gasteiger partial charge in [-0.2, -0.15) is 0 Å². The van der Waals surface area contributed by atoms with Crippen molar-refractivity contribution < 1.29 is 14.6 Å². The average molecular weight is 442 g/mol. The molecule has 0 amide bonds. The number of hydrogen-bond donors (Lipinski definition) is 1. The van der Waals surface area contributed by atoms with Gasteiger partial charge >= 0.3 is 0 Å². The Labute approximate surface area is 187 Å². The molecule has 0 bridgehead atoms. The van der Waals surface area contributed by atoms with Crippen molar-refractivity contribution in [2.75, 3.05) is 32.2 Å². The van der Waals surface area contributed by atoms with Crippen LogP contribution in [0.1, 0.15) is 31.0 Å². The normalized spacial score (nSPS) is 15.9. The van der Waals surface area contributed by atoms with Gasteiger partial charge in [0.2, 0.25) is 0 Å². The molecule has 4 rings (SSSR count). The summed E-state index contributed by atoms with van der Waals surface area (Å²) in [6, 6.07) is 5.87. The highest BCUT2D eigenvalue weighted by Gasteiger charge is 2.29. The summed E-state index contributed by atoms with van der Waals surface area (Å²) in [6.07, 6.45) is 3.26. The van der Waals surface area contributed by atoms with Gasteiger partial charge < -0.3 is 19.5 Å². The predicted molar refractivity (Wildman–Crippen MR) is 125 cm³/mol. The number of rotatable bonds is 4. The molecular weight excluding hydrogens is 414 g/mol. The summed E-state index contributed by atoms with van der Waals surface area (Å²) in [5.74, 6) is 2.11. The number of anilines is 1. The average Bonchev–Trinajstić information content (AvgIpc) is 2.74. The number of methoxy groups -OCH3 is 2. The number of ether oxygens (including phenoxy) is 2. The largest absolute Gasteiger partial charge is 0.496 e. The van der Waals surface area contributed by atoms with Gasteiger partial charge in [0.05, 0.1) is 30.5 Å². The summed E-state index contributed by atoms with van der Waals surface area (Å²) < 4.78 is 11.0. The number of nitrogens with zero attached hydrogens (tertiary/aromatic N) is 3. The van der Waals surface area contributed by atoms with Crippen molar-refractivity contribution in [3.63, 3.8) is 0 Å². The summed E-state index contributed by atoms with van der Waals surface area (Å²) in [6.45, 7) is 7.30. The zero-order chi connectivity index (χ0) is 22.3.